The molecule has 32 heavy (non-hydrogen) atoms. The Morgan fingerprint density at radius 1 is 0.969 bits per heavy atom. The minimum absolute atomic E-state index is 0.529. The molecular weight excluding hydrogens is 424 g/mol. The first-order valence-corrected chi connectivity index (χ1v) is 10.9. The molecule has 0 bridgehead atoms. The third kappa shape index (κ3) is 6.35. The second kappa shape index (κ2) is 11.5. The molecule has 11 atom stereocenters. The van der Waals surface area contributed by atoms with Gasteiger partial charge in [0.25, 0.3) is 0 Å². The molecule has 2 fully saturated rings. The van der Waals surface area contributed by atoms with E-state index >= 15 is 0 Å². The summed E-state index contributed by atoms with van der Waals surface area (Å²) < 4.78 is 23.0. The lowest BCUT2D eigenvalue weighted by atomic mass is 9.96. The van der Waals surface area contributed by atoms with Crippen molar-refractivity contribution in [2.45, 2.75) is 108 Å². The van der Waals surface area contributed by atoms with Crippen molar-refractivity contribution in [3.63, 3.8) is 0 Å². The highest BCUT2D eigenvalue weighted by Crippen LogP contribution is 2.33. The third-order valence-electron chi connectivity index (χ3n) is 5.93. The largest absolute Gasteiger partial charge is 0.394 e. The van der Waals surface area contributed by atoms with Gasteiger partial charge in [0.05, 0.1) is 18.3 Å². The smallest absolute Gasteiger partial charge is 0.188 e. The van der Waals surface area contributed by atoms with E-state index in [9.17, 15) is 30.6 Å². The topological polar surface area (TPSA) is 158 Å². The summed E-state index contributed by atoms with van der Waals surface area (Å²) in [5.74, 6) is 0. The zero-order valence-electron chi connectivity index (χ0n) is 19.1. The van der Waals surface area contributed by atoms with Crippen molar-refractivity contribution >= 4 is 0 Å². The summed E-state index contributed by atoms with van der Waals surface area (Å²) in [6.45, 7) is 10.5. The second-order valence-corrected chi connectivity index (χ2v) is 8.94. The molecule has 0 amide bonds. The van der Waals surface area contributed by atoms with E-state index in [-0.39, 0.29) is 0 Å². The van der Waals surface area contributed by atoms with Crippen LogP contribution in [0.25, 0.3) is 0 Å². The Hall–Kier alpha value is -0.920. The van der Waals surface area contributed by atoms with E-state index in [1.807, 2.05) is 19.9 Å². The van der Waals surface area contributed by atoms with Crippen LogP contribution in [-0.4, -0.2) is 104 Å². The molecule has 2 aliphatic rings. The molecule has 0 unspecified atom stereocenters. The summed E-state index contributed by atoms with van der Waals surface area (Å²) in [6.07, 6.45) is -8.75. The maximum Gasteiger partial charge on any atom is 0.188 e. The monoisotopic (exact) mass is 462 g/mol. The fourth-order valence-corrected chi connectivity index (χ4v) is 3.70. The van der Waals surface area contributed by atoms with Crippen molar-refractivity contribution in [1.29, 1.82) is 0 Å². The zero-order valence-corrected chi connectivity index (χ0v) is 19.1. The number of ether oxygens (including phenoxy) is 4. The molecule has 10 heteroatoms. The summed E-state index contributed by atoms with van der Waals surface area (Å²) in [5, 5.41) is 60.8. The first-order chi connectivity index (χ1) is 14.9. The summed E-state index contributed by atoms with van der Waals surface area (Å²) >= 11 is 0. The predicted molar refractivity (Wildman–Crippen MR) is 113 cm³/mol. The van der Waals surface area contributed by atoms with Gasteiger partial charge in [-0.05, 0) is 40.5 Å². The van der Waals surface area contributed by atoms with Crippen LogP contribution in [0, 0.1) is 0 Å². The van der Waals surface area contributed by atoms with Gasteiger partial charge in [0.15, 0.2) is 12.6 Å². The van der Waals surface area contributed by atoms with Crippen LogP contribution in [0.15, 0.2) is 24.3 Å². The molecule has 2 rings (SSSR count). The van der Waals surface area contributed by atoms with Gasteiger partial charge in [0.1, 0.15) is 42.7 Å². The minimum atomic E-state index is -1.62. The highest BCUT2D eigenvalue weighted by Gasteiger charge is 2.51. The van der Waals surface area contributed by atoms with E-state index in [4.69, 9.17) is 18.9 Å². The lowest BCUT2D eigenvalue weighted by molar-refractivity contribution is -0.373. The van der Waals surface area contributed by atoms with Crippen molar-refractivity contribution in [1.82, 2.24) is 0 Å². The van der Waals surface area contributed by atoms with Crippen LogP contribution < -0.4 is 0 Å². The Morgan fingerprint density at radius 3 is 2.19 bits per heavy atom. The predicted octanol–water partition coefficient (Wildman–Crippen LogP) is -0.654. The van der Waals surface area contributed by atoms with E-state index in [0.29, 0.717) is 12.8 Å². The Balaban J connectivity index is 2.24. The van der Waals surface area contributed by atoms with Crippen molar-refractivity contribution in [2.24, 2.45) is 0 Å². The molecule has 0 spiro atoms. The van der Waals surface area contributed by atoms with Crippen molar-refractivity contribution in [3.8, 4) is 0 Å². The molecule has 0 radical (unpaired) electrons. The average Bonchev–Trinajstić information content (AvgIpc) is 2.74. The van der Waals surface area contributed by atoms with E-state index in [1.165, 1.54) is 6.92 Å². The van der Waals surface area contributed by atoms with Gasteiger partial charge >= 0.3 is 0 Å². The van der Waals surface area contributed by atoms with Crippen LogP contribution in [0.1, 0.15) is 40.5 Å². The molecule has 0 aromatic rings. The molecule has 0 aliphatic carbocycles. The maximum atomic E-state index is 10.7. The minimum Gasteiger partial charge on any atom is -0.394 e. The molecule has 2 saturated heterocycles. The van der Waals surface area contributed by atoms with Gasteiger partial charge in [0, 0.05) is 0 Å². The van der Waals surface area contributed by atoms with Gasteiger partial charge in [-0.1, -0.05) is 17.7 Å². The molecule has 2 heterocycles. The number of aliphatic hydroxyl groups excluding tert-OH is 6. The van der Waals surface area contributed by atoms with Crippen molar-refractivity contribution < 1.29 is 49.6 Å². The first kappa shape index (κ1) is 27.3. The Labute approximate surface area is 188 Å². The number of allylic oxidation sites excluding steroid dienone is 2. The molecule has 6 N–H and O–H groups in total. The first-order valence-electron chi connectivity index (χ1n) is 10.9. The van der Waals surface area contributed by atoms with E-state index in [0.717, 1.165) is 5.57 Å². The summed E-state index contributed by atoms with van der Waals surface area (Å²) in [7, 11) is 0. The molecule has 2 aliphatic heterocycles. The zero-order chi connectivity index (χ0) is 24.2. The molecule has 186 valence electrons. The molecule has 0 aromatic carbocycles. The fourth-order valence-electron chi connectivity index (χ4n) is 3.70. The van der Waals surface area contributed by atoms with E-state index in [1.54, 1.807) is 13.0 Å². The van der Waals surface area contributed by atoms with Crippen LogP contribution in [0.2, 0.25) is 0 Å². The maximum absolute atomic E-state index is 10.7. The molecule has 10 nitrogen and oxygen atoms in total. The second-order valence-electron chi connectivity index (χ2n) is 8.94. The fraction of sp³-hybridized carbons (Fsp3) is 0.818. The lowest BCUT2D eigenvalue weighted by Crippen LogP contribution is -2.64. The van der Waals surface area contributed by atoms with Crippen molar-refractivity contribution in [2.75, 3.05) is 6.61 Å². The van der Waals surface area contributed by atoms with Crippen LogP contribution >= 0.6 is 0 Å². The van der Waals surface area contributed by atoms with Crippen molar-refractivity contribution in [3.05, 3.63) is 24.3 Å². The number of hydrogen-bond donors (Lipinski definition) is 6. The highest BCUT2D eigenvalue weighted by atomic mass is 16.8. The van der Waals surface area contributed by atoms with Gasteiger partial charge < -0.3 is 49.6 Å². The van der Waals surface area contributed by atoms with Crippen LogP contribution in [0.4, 0.5) is 0 Å². The Bertz CT molecular complexity index is 638. The van der Waals surface area contributed by atoms with Crippen LogP contribution in [-0.2, 0) is 18.9 Å². The van der Waals surface area contributed by atoms with E-state index < -0.39 is 73.6 Å². The highest BCUT2D eigenvalue weighted by molar-refractivity contribution is 5.01. The van der Waals surface area contributed by atoms with Gasteiger partial charge in [-0.2, -0.15) is 0 Å². The SMILES string of the molecule is C=C[C@@](C)(CCC=C(C)C)O[C@@H]1O[C@H](CO)[C@@H](O)[C@H](O)[C@H]1O[C@@H]1O[C@@H](C)[C@H](O)[C@@H](O)[C@H]1O. The van der Waals surface area contributed by atoms with Gasteiger partial charge in [-0.25, -0.2) is 0 Å². The van der Waals surface area contributed by atoms with Crippen LogP contribution in [0.5, 0.6) is 0 Å². The lowest BCUT2D eigenvalue weighted by Gasteiger charge is -2.47. The number of aliphatic hydroxyl groups is 6. The Morgan fingerprint density at radius 2 is 1.62 bits per heavy atom. The number of rotatable bonds is 9. The summed E-state index contributed by atoms with van der Waals surface area (Å²) in [6, 6.07) is 0. The molecular formula is C22H38O10. The summed E-state index contributed by atoms with van der Waals surface area (Å²) in [5.41, 5.74) is 0.235. The van der Waals surface area contributed by atoms with Crippen LogP contribution in [0.3, 0.4) is 0 Å². The van der Waals surface area contributed by atoms with Gasteiger partial charge in [-0.3, -0.25) is 0 Å². The third-order valence-corrected chi connectivity index (χ3v) is 5.93. The van der Waals surface area contributed by atoms with Gasteiger partial charge in [0.2, 0.25) is 0 Å². The molecule has 0 aromatic heterocycles. The van der Waals surface area contributed by atoms with Gasteiger partial charge in [-0.15, -0.1) is 6.58 Å². The van der Waals surface area contributed by atoms with E-state index in [2.05, 4.69) is 6.58 Å². The molecule has 0 saturated carbocycles. The Kier molecular flexibility index (Phi) is 9.80. The normalized spacial score (nSPS) is 42.2. The average molecular weight is 463 g/mol. The standard InChI is InChI=1S/C22H38O10/c1-6-22(5,9-7-8-11(2)3)32-21-19(17(27)15(25)13(10-23)30-21)31-20-18(28)16(26)14(24)12(4)29-20/h6,8,12-21,23-28H,1,7,9-10H2,2-5H3/t12-,13+,14-,15+,16+,17-,18+,19+,20-,21-,22-/m0/s1. The quantitative estimate of drug-likeness (QED) is 0.243. The summed E-state index contributed by atoms with van der Waals surface area (Å²) in [4.78, 5) is 0. The number of hydrogen-bond acceptors (Lipinski definition) is 10.